The van der Waals surface area contributed by atoms with E-state index in [9.17, 15) is 9.90 Å². The average molecular weight is 283 g/mol. The summed E-state index contributed by atoms with van der Waals surface area (Å²) in [6.45, 7) is 5.29. The number of carbonyl (C=O) groups is 1. The largest absolute Gasteiger partial charge is 0.384 e. The highest BCUT2D eigenvalue weighted by molar-refractivity contribution is 5.94. The van der Waals surface area contributed by atoms with E-state index in [1.807, 2.05) is 56.3 Å². The van der Waals surface area contributed by atoms with Gasteiger partial charge in [0.15, 0.2) is 0 Å². The van der Waals surface area contributed by atoms with E-state index in [-0.39, 0.29) is 5.91 Å². The first-order chi connectivity index (χ1) is 10.2. The molecule has 0 saturated carbocycles. The van der Waals surface area contributed by atoms with Gasteiger partial charge in [0.05, 0.1) is 0 Å². The van der Waals surface area contributed by atoms with Gasteiger partial charge >= 0.3 is 0 Å². The molecule has 0 aliphatic rings. The molecule has 3 heteroatoms. The van der Waals surface area contributed by atoms with Crippen molar-refractivity contribution < 1.29 is 9.90 Å². The number of amides is 1. The molecule has 0 radical (unpaired) electrons. The molecule has 1 N–H and O–H groups in total. The maximum absolute atomic E-state index is 12.4. The molecule has 21 heavy (non-hydrogen) atoms. The summed E-state index contributed by atoms with van der Waals surface area (Å²) in [6.07, 6.45) is -0.712. The zero-order valence-electron chi connectivity index (χ0n) is 12.5. The van der Waals surface area contributed by atoms with Crippen molar-refractivity contribution in [1.82, 2.24) is 4.90 Å². The number of aliphatic hydroxyl groups is 1. The van der Waals surface area contributed by atoms with Crippen LogP contribution in [0.15, 0.2) is 54.6 Å². The normalized spacial score (nSPS) is 12.0. The Kier molecular flexibility index (Phi) is 5.12. The summed E-state index contributed by atoms with van der Waals surface area (Å²) < 4.78 is 0. The van der Waals surface area contributed by atoms with E-state index in [0.717, 1.165) is 11.1 Å². The molecule has 0 saturated heterocycles. The van der Waals surface area contributed by atoms with Gasteiger partial charge in [-0.15, -0.1) is 0 Å². The van der Waals surface area contributed by atoms with Gasteiger partial charge in [-0.1, -0.05) is 42.5 Å². The number of benzene rings is 2. The predicted molar refractivity (Wildman–Crippen MR) is 84.2 cm³/mol. The lowest BCUT2D eigenvalue weighted by atomic mass is 9.99. The van der Waals surface area contributed by atoms with Crippen LogP contribution in [0.4, 0.5) is 0 Å². The van der Waals surface area contributed by atoms with Gasteiger partial charge in [-0.2, -0.15) is 0 Å². The zero-order valence-corrected chi connectivity index (χ0v) is 12.5. The maximum atomic E-state index is 12.4. The minimum Gasteiger partial charge on any atom is -0.384 e. The van der Waals surface area contributed by atoms with Crippen LogP contribution in [0.5, 0.6) is 0 Å². The molecule has 2 rings (SSSR count). The molecule has 2 aromatic carbocycles. The molecule has 0 heterocycles. The van der Waals surface area contributed by atoms with Gasteiger partial charge in [0.25, 0.3) is 5.91 Å². The molecular weight excluding hydrogens is 262 g/mol. The van der Waals surface area contributed by atoms with E-state index >= 15 is 0 Å². The number of carbonyl (C=O) groups excluding carboxylic acids is 1. The van der Waals surface area contributed by atoms with E-state index in [0.29, 0.717) is 18.7 Å². The summed E-state index contributed by atoms with van der Waals surface area (Å²) in [5.41, 5.74) is 2.18. The van der Waals surface area contributed by atoms with Crippen molar-refractivity contribution in [2.45, 2.75) is 20.0 Å². The van der Waals surface area contributed by atoms with Crippen molar-refractivity contribution in [3.8, 4) is 0 Å². The topological polar surface area (TPSA) is 40.5 Å². The number of aliphatic hydroxyl groups excluding tert-OH is 1. The summed E-state index contributed by atoms with van der Waals surface area (Å²) in [4.78, 5) is 14.1. The van der Waals surface area contributed by atoms with E-state index in [1.54, 1.807) is 17.0 Å². The second-order valence-electron chi connectivity index (χ2n) is 4.92. The third-order valence-corrected chi connectivity index (χ3v) is 3.62. The van der Waals surface area contributed by atoms with Gasteiger partial charge < -0.3 is 10.0 Å². The Morgan fingerprint density at radius 3 is 2.24 bits per heavy atom. The van der Waals surface area contributed by atoms with Crippen molar-refractivity contribution in [1.29, 1.82) is 0 Å². The lowest BCUT2D eigenvalue weighted by Crippen LogP contribution is -2.30. The minimum absolute atomic E-state index is 0.00196. The van der Waals surface area contributed by atoms with Gasteiger partial charge in [-0.3, -0.25) is 4.79 Å². The summed E-state index contributed by atoms with van der Waals surface area (Å²) in [5.74, 6) is 0.00196. The van der Waals surface area contributed by atoms with Gasteiger partial charge in [-0.25, -0.2) is 0 Å². The van der Waals surface area contributed by atoms with Crippen LogP contribution in [0.2, 0.25) is 0 Å². The Hall–Kier alpha value is -2.13. The highest BCUT2D eigenvalue weighted by Gasteiger charge is 2.15. The second kappa shape index (κ2) is 7.04. The highest BCUT2D eigenvalue weighted by atomic mass is 16.3. The van der Waals surface area contributed by atoms with Gasteiger partial charge in [0.2, 0.25) is 0 Å². The van der Waals surface area contributed by atoms with Crippen LogP contribution in [0.3, 0.4) is 0 Å². The summed E-state index contributed by atoms with van der Waals surface area (Å²) in [5, 5.41) is 10.4. The molecule has 2 aromatic rings. The molecule has 0 aliphatic heterocycles. The average Bonchev–Trinajstić information content (AvgIpc) is 2.56. The molecule has 110 valence electrons. The Labute approximate surface area is 125 Å². The smallest absolute Gasteiger partial charge is 0.253 e. The summed E-state index contributed by atoms with van der Waals surface area (Å²) in [7, 11) is 0. The first-order valence-electron chi connectivity index (χ1n) is 7.29. The highest BCUT2D eigenvalue weighted by Crippen LogP contribution is 2.22. The molecule has 0 aliphatic carbocycles. The van der Waals surface area contributed by atoms with Crippen molar-refractivity contribution in [2.24, 2.45) is 0 Å². The molecule has 1 unspecified atom stereocenters. The van der Waals surface area contributed by atoms with Crippen LogP contribution in [0.1, 0.15) is 41.4 Å². The molecule has 0 bridgehead atoms. The molecule has 0 spiro atoms. The number of hydrogen-bond donors (Lipinski definition) is 1. The summed E-state index contributed by atoms with van der Waals surface area (Å²) in [6, 6.07) is 16.7. The SMILES string of the molecule is CCN(CC)C(=O)c1cccc(C(O)c2ccccc2)c1. The van der Waals surface area contributed by atoms with Crippen LogP contribution < -0.4 is 0 Å². The lowest BCUT2D eigenvalue weighted by Gasteiger charge is -2.19. The fourth-order valence-electron chi connectivity index (χ4n) is 2.36. The standard InChI is InChI=1S/C18H21NO2/c1-3-19(4-2)18(21)16-12-8-11-15(13-16)17(20)14-9-6-5-7-10-14/h5-13,17,20H,3-4H2,1-2H3. The fourth-order valence-corrected chi connectivity index (χ4v) is 2.36. The Morgan fingerprint density at radius 2 is 1.62 bits per heavy atom. The first kappa shape index (κ1) is 15.3. The first-order valence-corrected chi connectivity index (χ1v) is 7.29. The summed E-state index contributed by atoms with van der Waals surface area (Å²) >= 11 is 0. The van der Waals surface area contributed by atoms with Crippen LogP contribution in [-0.2, 0) is 0 Å². The van der Waals surface area contributed by atoms with Gasteiger partial charge in [-0.05, 0) is 37.1 Å². The Morgan fingerprint density at radius 1 is 1.00 bits per heavy atom. The number of hydrogen-bond acceptors (Lipinski definition) is 2. The maximum Gasteiger partial charge on any atom is 0.253 e. The lowest BCUT2D eigenvalue weighted by molar-refractivity contribution is 0.0772. The Bertz CT molecular complexity index is 591. The quantitative estimate of drug-likeness (QED) is 0.915. The van der Waals surface area contributed by atoms with Crippen molar-refractivity contribution in [3.63, 3.8) is 0 Å². The van der Waals surface area contributed by atoms with Crippen LogP contribution in [0.25, 0.3) is 0 Å². The van der Waals surface area contributed by atoms with Crippen LogP contribution >= 0.6 is 0 Å². The molecule has 1 amide bonds. The fraction of sp³-hybridized carbons (Fsp3) is 0.278. The molecular formula is C18H21NO2. The van der Waals surface area contributed by atoms with Crippen molar-refractivity contribution >= 4 is 5.91 Å². The number of nitrogens with zero attached hydrogens (tertiary/aromatic N) is 1. The third kappa shape index (κ3) is 3.50. The van der Waals surface area contributed by atoms with E-state index in [2.05, 4.69) is 0 Å². The van der Waals surface area contributed by atoms with Crippen molar-refractivity contribution in [2.75, 3.05) is 13.1 Å². The third-order valence-electron chi connectivity index (χ3n) is 3.62. The van der Waals surface area contributed by atoms with Crippen LogP contribution in [-0.4, -0.2) is 29.0 Å². The zero-order chi connectivity index (χ0) is 15.2. The van der Waals surface area contributed by atoms with Gasteiger partial charge in [0, 0.05) is 18.7 Å². The molecule has 1 atom stereocenters. The Balaban J connectivity index is 2.27. The van der Waals surface area contributed by atoms with E-state index in [1.165, 1.54) is 0 Å². The monoisotopic (exact) mass is 283 g/mol. The van der Waals surface area contributed by atoms with E-state index in [4.69, 9.17) is 0 Å². The molecule has 3 nitrogen and oxygen atoms in total. The van der Waals surface area contributed by atoms with Gasteiger partial charge in [0.1, 0.15) is 6.10 Å². The minimum atomic E-state index is -0.712. The molecule has 0 fully saturated rings. The molecule has 0 aromatic heterocycles. The predicted octanol–water partition coefficient (Wildman–Crippen LogP) is 3.25. The number of rotatable bonds is 5. The van der Waals surface area contributed by atoms with Crippen molar-refractivity contribution in [3.05, 3.63) is 71.3 Å². The van der Waals surface area contributed by atoms with E-state index < -0.39 is 6.10 Å². The second-order valence-corrected chi connectivity index (χ2v) is 4.92. The van der Waals surface area contributed by atoms with Crippen LogP contribution in [0, 0.1) is 0 Å².